The van der Waals surface area contributed by atoms with Gasteiger partial charge in [0.2, 0.25) is 5.91 Å². The maximum atomic E-state index is 12.7. The quantitative estimate of drug-likeness (QED) is 0.475. The summed E-state index contributed by atoms with van der Waals surface area (Å²) in [7, 11) is 0. The number of nitrogens with one attached hydrogen (secondary N) is 2. The third kappa shape index (κ3) is 3.88. The number of aromatic nitrogens is 2. The summed E-state index contributed by atoms with van der Waals surface area (Å²) in [6.45, 7) is 2.00. The van der Waals surface area contributed by atoms with Crippen molar-refractivity contribution in [1.82, 2.24) is 15.3 Å². The molecule has 2 heterocycles. The van der Waals surface area contributed by atoms with Gasteiger partial charge in [-0.3, -0.25) is 9.59 Å². The van der Waals surface area contributed by atoms with Crippen molar-refractivity contribution in [2.24, 2.45) is 0 Å². The van der Waals surface area contributed by atoms with Crippen LogP contribution in [0.3, 0.4) is 0 Å². The molecule has 5 rings (SSSR count). The van der Waals surface area contributed by atoms with E-state index in [0.29, 0.717) is 12.2 Å². The van der Waals surface area contributed by atoms with Gasteiger partial charge in [0.25, 0.3) is 5.56 Å². The number of hydrogen-bond acceptors (Lipinski definition) is 4. The molecule has 4 aromatic rings. The molecule has 0 bridgehead atoms. The van der Waals surface area contributed by atoms with Gasteiger partial charge in [-0.15, -0.1) is 11.3 Å². The van der Waals surface area contributed by atoms with Crippen molar-refractivity contribution in [2.45, 2.75) is 51.5 Å². The molecule has 0 saturated carbocycles. The molecule has 1 atom stereocenters. The van der Waals surface area contributed by atoms with Gasteiger partial charge in [0.1, 0.15) is 10.7 Å². The summed E-state index contributed by atoms with van der Waals surface area (Å²) >= 11 is 1.64. The molecule has 1 aliphatic rings. The van der Waals surface area contributed by atoms with Crippen molar-refractivity contribution in [3.8, 4) is 0 Å². The van der Waals surface area contributed by atoms with Crippen molar-refractivity contribution in [3.63, 3.8) is 0 Å². The SMILES string of the molecule is CC(NC(=O)CCc1nc2sc3c(c2c(=O)[nH]1)CCCC3)c1cccc2ccccc12. The molecule has 2 aromatic heterocycles. The fraction of sp³-hybridized carbons (Fsp3) is 0.320. The van der Waals surface area contributed by atoms with E-state index < -0.39 is 0 Å². The van der Waals surface area contributed by atoms with Crippen LogP contribution in [0.1, 0.15) is 54.1 Å². The van der Waals surface area contributed by atoms with Gasteiger partial charge in [-0.05, 0) is 54.5 Å². The number of thiophene rings is 1. The van der Waals surface area contributed by atoms with Crippen molar-refractivity contribution < 1.29 is 4.79 Å². The summed E-state index contributed by atoms with van der Waals surface area (Å²) in [6, 6.07) is 14.2. The summed E-state index contributed by atoms with van der Waals surface area (Å²) in [5.41, 5.74) is 2.22. The molecule has 1 unspecified atom stereocenters. The summed E-state index contributed by atoms with van der Waals surface area (Å²) in [4.78, 5) is 35.0. The first-order valence-corrected chi connectivity index (χ1v) is 11.7. The van der Waals surface area contributed by atoms with E-state index in [0.717, 1.165) is 45.8 Å². The Morgan fingerprint density at radius 3 is 2.87 bits per heavy atom. The van der Waals surface area contributed by atoms with E-state index in [-0.39, 0.29) is 23.9 Å². The van der Waals surface area contributed by atoms with Crippen LogP contribution in [0.25, 0.3) is 21.0 Å². The molecule has 0 spiro atoms. The van der Waals surface area contributed by atoms with Gasteiger partial charge in [0, 0.05) is 17.7 Å². The molecule has 0 saturated heterocycles. The van der Waals surface area contributed by atoms with Crippen LogP contribution in [-0.4, -0.2) is 15.9 Å². The largest absolute Gasteiger partial charge is 0.350 e. The average molecular weight is 432 g/mol. The average Bonchev–Trinajstić information content (AvgIpc) is 3.16. The Balaban J connectivity index is 1.29. The number of aromatic amines is 1. The number of carbonyl (C=O) groups is 1. The number of nitrogens with zero attached hydrogens (tertiary/aromatic N) is 1. The van der Waals surface area contributed by atoms with E-state index >= 15 is 0 Å². The first-order chi connectivity index (χ1) is 15.1. The van der Waals surface area contributed by atoms with Crippen LogP contribution in [-0.2, 0) is 24.1 Å². The van der Waals surface area contributed by atoms with Gasteiger partial charge in [-0.1, -0.05) is 42.5 Å². The first kappa shape index (κ1) is 19.9. The summed E-state index contributed by atoms with van der Waals surface area (Å²) < 4.78 is 0. The number of benzene rings is 2. The molecular formula is C25H25N3O2S. The number of aryl methyl sites for hydroxylation is 3. The third-order valence-electron chi connectivity index (χ3n) is 6.13. The molecular weight excluding hydrogens is 406 g/mol. The molecule has 1 amide bonds. The van der Waals surface area contributed by atoms with Crippen LogP contribution in [0.5, 0.6) is 0 Å². The van der Waals surface area contributed by atoms with Crippen molar-refractivity contribution in [2.75, 3.05) is 0 Å². The van der Waals surface area contributed by atoms with Gasteiger partial charge >= 0.3 is 0 Å². The Bertz CT molecular complexity index is 1330. The highest BCUT2D eigenvalue weighted by Crippen LogP contribution is 2.33. The molecule has 2 N–H and O–H groups in total. The van der Waals surface area contributed by atoms with Crippen LogP contribution in [0.15, 0.2) is 47.3 Å². The topological polar surface area (TPSA) is 74.8 Å². The molecule has 158 valence electrons. The second-order valence-electron chi connectivity index (χ2n) is 8.26. The van der Waals surface area contributed by atoms with Gasteiger partial charge in [-0.25, -0.2) is 4.98 Å². The number of H-pyrrole nitrogens is 1. The lowest BCUT2D eigenvalue weighted by Crippen LogP contribution is -2.27. The fourth-order valence-corrected chi connectivity index (χ4v) is 5.86. The monoisotopic (exact) mass is 431 g/mol. The van der Waals surface area contributed by atoms with Crippen LogP contribution < -0.4 is 10.9 Å². The second-order valence-corrected chi connectivity index (χ2v) is 9.34. The second kappa shape index (κ2) is 8.27. The number of rotatable bonds is 5. The maximum Gasteiger partial charge on any atom is 0.259 e. The molecule has 0 aliphatic heterocycles. The summed E-state index contributed by atoms with van der Waals surface area (Å²) in [6.07, 6.45) is 5.03. The molecule has 5 nitrogen and oxygen atoms in total. The standard InChI is InChI=1S/C25H25N3O2S/c1-15(17-11-6-8-16-7-2-3-9-18(16)17)26-22(29)14-13-21-27-24(30)23-19-10-4-5-12-20(19)31-25(23)28-21/h2-3,6-9,11,15H,4-5,10,12-14H2,1H3,(H,26,29)(H,27,28,30). The van der Waals surface area contributed by atoms with Gasteiger partial charge in [0.15, 0.2) is 0 Å². The van der Waals surface area contributed by atoms with Crippen LogP contribution in [0.4, 0.5) is 0 Å². The lowest BCUT2D eigenvalue weighted by Gasteiger charge is -2.16. The predicted molar refractivity (Wildman–Crippen MR) is 126 cm³/mol. The minimum absolute atomic E-state index is 0.0475. The predicted octanol–water partition coefficient (Wildman–Crippen LogP) is 4.83. The first-order valence-electron chi connectivity index (χ1n) is 10.9. The van der Waals surface area contributed by atoms with E-state index in [1.54, 1.807) is 11.3 Å². The number of fused-ring (bicyclic) bond motifs is 4. The summed E-state index contributed by atoms with van der Waals surface area (Å²) in [5, 5.41) is 6.17. The molecule has 0 fully saturated rings. The van der Waals surface area contributed by atoms with Crippen molar-refractivity contribution >= 4 is 38.2 Å². The maximum absolute atomic E-state index is 12.7. The van der Waals surface area contributed by atoms with Crippen molar-refractivity contribution in [1.29, 1.82) is 0 Å². The van der Waals surface area contributed by atoms with Crippen molar-refractivity contribution in [3.05, 3.63) is 74.6 Å². The van der Waals surface area contributed by atoms with Crippen LogP contribution in [0.2, 0.25) is 0 Å². The Morgan fingerprint density at radius 1 is 1.16 bits per heavy atom. The number of amides is 1. The highest BCUT2D eigenvalue weighted by molar-refractivity contribution is 7.18. The van der Waals surface area contributed by atoms with E-state index in [1.165, 1.54) is 16.9 Å². The minimum Gasteiger partial charge on any atom is -0.350 e. The number of carbonyl (C=O) groups excluding carboxylic acids is 1. The Kier molecular flexibility index (Phi) is 5.32. The van der Waals surface area contributed by atoms with E-state index in [1.807, 2.05) is 25.1 Å². The third-order valence-corrected chi connectivity index (χ3v) is 7.32. The lowest BCUT2D eigenvalue weighted by molar-refractivity contribution is -0.121. The van der Waals surface area contributed by atoms with E-state index in [9.17, 15) is 9.59 Å². The highest BCUT2D eigenvalue weighted by Gasteiger charge is 2.20. The Morgan fingerprint density at radius 2 is 1.97 bits per heavy atom. The van der Waals surface area contributed by atoms with Gasteiger partial charge in [-0.2, -0.15) is 0 Å². The zero-order valence-corrected chi connectivity index (χ0v) is 18.3. The molecule has 31 heavy (non-hydrogen) atoms. The molecule has 0 radical (unpaired) electrons. The zero-order chi connectivity index (χ0) is 21.4. The van der Waals surface area contributed by atoms with Crippen LogP contribution in [0, 0.1) is 0 Å². The smallest absolute Gasteiger partial charge is 0.259 e. The molecule has 6 heteroatoms. The normalized spacial score (nSPS) is 14.5. The molecule has 1 aliphatic carbocycles. The number of hydrogen-bond donors (Lipinski definition) is 2. The highest BCUT2D eigenvalue weighted by atomic mass is 32.1. The van der Waals surface area contributed by atoms with Crippen LogP contribution >= 0.6 is 11.3 Å². The van der Waals surface area contributed by atoms with E-state index in [4.69, 9.17) is 0 Å². The molecule has 2 aromatic carbocycles. The summed E-state index contributed by atoms with van der Waals surface area (Å²) in [5.74, 6) is 0.540. The Labute approximate surface area is 184 Å². The fourth-order valence-electron chi connectivity index (χ4n) is 4.58. The van der Waals surface area contributed by atoms with E-state index in [2.05, 4.69) is 39.6 Å². The zero-order valence-electron chi connectivity index (χ0n) is 17.5. The Hall–Kier alpha value is -2.99. The minimum atomic E-state index is -0.0999. The lowest BCUT2D eigenvalue weighted by atomic mass is 9.97. The van der Waals surface area contributed by atoms with Gasteiger partial charge in [0.05, 0.1) is 11.4 Å². The van der Waals surface area contributed by atoms with Gasteiger partial charge < -0.3 is 10.3 Å².